The first kappa shape index (κ1) is 20.7. The minimum absolute atomic E-state index is 0.00355. The van der Waals surface area contributed by atoms with Crippen molar-refractivity contribution in [3.63, 3.8) is 0 Å². The maximum Gasteiger partial charge on any atom is 0.416 e. The first-order chi connectivity index (χ1) is 15.4. The number of imidazole rings is 1. The van der Waals surface area contributed by atoms with Crippen LogP contribution in [0.4, 0.5) is 10.6 Å². The lowest BCUT2D eigenvalue weighted by atomic mass is 9.68. The van der Waals surface area contributed by atoms with Gasteiger partial charge in [0.05, 0.1) is 42.9 Å². The fourth-order valence-corrected chi connectivity index (χ4v) is 5.32. The lowest BCUT2D eigenvalue weighted by Gasteiger charge is -2.43. The molecule has 1 aromatic carbocycles. The van der Waals surface area contributed by atoms with Gasteiger partial charge in [-0.1, -0.05) is 13.0 Å². The largest absolute Gasteiger partial charge is 0.477 e. The van der Waals surface area contributed by atoms with Crippen molar-refractivity contribution in [2.75, 3.05) is 18.1 Å². The van der Waals surface area contributed by atoms with E-state index in [9.17, 15) is 4.79 Å². The number of aromatic nitrogens is 4. The molecule has 1 unspecified atom stereocenters. The highest BCUT2D eigenvalue weighted by Crippen LogP contribution is 2.47. The van der Waals surface area contributed by atoms with Crippen LogP contribution < -0.4 is 9.64 Å². The predicted octanol–water partition coefficient (Wildman–Crippen LogP) is 4.51. The van der Waals surface area contributed by atoms with Crippen LogP contribution in [0.5, 0.6) is 5.88 Å². The molecule has 1 spiro atoms. The molecule has 1 amide bonds. The number of anilines is 1. The van der Waals surface area contributed by atoms with Crippen molar-refractivity contribution in [3.05, 3.63) is 42.5 Å². The summed E-state index contributed by atoms with van der Waals surface area (Å²) in [6.45, 7) is 8.15. The summed E-state index contributed by atoms with van der Waals surface area (Å²) in [4.78, 5) is 27.6. The molecule has 1 aliphatic heterocycles. The van der Waals surface area contributed by atoms with Crippen LogP contribution in [0.1, 0.15) is 45.1 Å². The fourth-order valence-electron chi connectivity index (χ4n) is 5.32. The van der Waals surface area contributed by atoms with Gasteiger partial charge < -0.3 is 14.0 Å². The van der Waals surface area contributed by atoms with Gasteiger partial charge in [0.25, 0.3) is 0 Å². The van der Waals surface area contributed by atoms with E-state index < -0.39 is 5.60 Å². The van der Waals surface area contributed by atoms with E-state index in [1.807, 2.05) is 13.3 Å². The number of nitrogens with zero attached hydrogens (tertiary/aromatic N) is 5. The second-order valence-electron chi connectivity index (χ2n) is 9.49. The van der Waals surface area contributed by atoms with Crippen LogP contribution in [0, 0.1) is 12.3 Å². The Morgan fingerprint density at radius 1 is 1.19 bits per heavy atom. The highest BCUT2D eigenvalue weighted by Gasteiger charge is 2.52. The Hall–Kier alpha value is -3.16. The zero-order chi connectivity index (χ0) is 22.3. The second kappa shape index (κ2) is 7.76. The van der Waals surface area contributed by atoms with Crippen LogP contribution in [0.3, 0.4) is 0 Å². The number of carbonyl (C=O) groups is 1. The SMILES string of the molecule is CCOc1cnc(N2CC3(CCC[C@](C)(Cn4cnc5ccc(C)cc54)C3)OC2=O)cn1. The van der Waals surface area contributed by atoms with Gasteiger partial charge in [-0.15, -0.1) is 0 Å². The molecular weight excluding hydrogens is 406 g/mol. The Balaban J connectivity index is 1.35. The summed E-state index contributed by atoms with van der Waals surface area (Å²) in [5.74, 6) is 0.949. The van der Waals surface area contributed by atoms with Gasteiger partial charge in [0.15, 0.2) is 5.82 Å². The summed E-state index contributed by atoms with van der Waals surface area (Å²) in [6.07, 6.45) is 8.47. The van der Waals surface area contributed by atoms with Gasteiger partial charge in [-0.2, -0.15) is 0 Å². The average Bonchev–Trinajstić information content (AvgIpc) is 3.28. The van der Waals surface area contributed by atoms with E-state index in [0.717, 1.165) is 43.3 Å². The molecule has 5 rings (SSSR count). The summed E-state index contributed by atoms with van der Waals surface area (Å²) in [6, 6.07) is 6.35. The third-order valence-corrected chi connectivity index (χ3v) is 6.64. The van der Waals surface area contributed by atoms with Crippen LogP contribution in [0.2, 0.25) is 0 Å². The molecule has 0 bridgehead atoms. The zero-order valence-corrected chi connectivity index (χ0v) is 18.9. The Kier molecular flexibility index (Phi) is 5.03. The minimum atomic E-state index is -0.503. The Labute approximate surface area is 187 Å². The van der Waals surface area contributed by atoms with Crippen LogP contribution in [0.15, 0.2) is 36.9 Å². The summed E-state index contributed by atoms with van der Waals surface area (Å²) in [5.41, 5.74) is 2.88. The third kappa shape index (κ3) is 3.78. The molecule has 8 nitrogen and oxygen atoms in total. The molecular formula is C24H29N5O3. The lowest BCUT2D eigenvalue weighted by molar-refractivity contribution is -0.0264. The predicted molar refractivity (Wildman–Crippen MR) is 121 cm³/mol. The van der Waals surface area contributed by atoms with Crippen molar-refractivity contribution >= 4 is 22.9 Å². The maximum atomic E-state index is 12.8. The molecule has 2 atom stereocenters. The molecule has 3 aromatic rings. The molecule has 2 aromatic heterocycles. The topological polar surface area (TPSA) is 82.4 Å². The number of ether oxygens (including phenoxy) is 2. The molecule has 3 heterocycles. The van der Waals surface area contributed by atoms with Crippen molar-refractivity contribution in [1.82, 2.24) is 19.5 Å². The van der Waals surface area contributed by atoms with Crippen molar-refractivity contribution in [1.29, 1.82) is 0 Å². The van der Waals surface area contributed by atoms with Gasteiger partial charge in [-0.25, -0.2) is 19.7 Å². The van der Waals surface area contributed by atoms with Gasteiger partial charge in [-0.05, 0) is 62.6 Å². The summed E-state index contributed by atoms with van der Waals surface area (Å²) in [5, 5.41) is 0. The van der Waals surface area contributed by atoms with Gasteiger partial charge in [0, 0.05) is 6.54 Å². The number of amides is 1. The quantitative estimate of drug-likeness (QED) is 0.586. The van der Waals surface area contributed by atoms with E-state index in [4.69, 9.17) is 9.47 Å². The van der Waals surface area contributed by atoms with Gasteiger partial charge >= 0.3 is 6.09 Å². The van der Waals surface area contributed by atoms with Crippen LogP contribution in [0.25, 0.3) is 11.0 Å². The Bertz CT molecular complexity index is 1140. The molecule has 1 saturated carbocycles. The van der Waals surface area contributed by atoms with Gasteiger partial charge in [0.2, 0.25) is 5.88 Å². The number of hydrogen-bond acceptors (Lipinski definition) is 6. The van der Waals surface area contributed by atoms with E-state index in [2.05, 4.69) is 51.6 Å². The third-order valence-electron chi connectivity index (χ3n) is 6.64. The van der Waals surface area contributed by atoms with Crippen molar-refractivity contribution < 1.29 is 14.3 Å². The fraction of sp³-hybridized carbons (Fsp3) is 0.500. The average molecular weight is 436 g/mol. The molecule has 2 fully saturated rings. The lowest BCUT2D eigenvalue weighted by Crippen LogP contribution is -2.45. The molecule has 0 radical (unpaired) electrons. The minimum Gasteiger partial charge on any atom is -0.477 e. The highest BCUT2D eigenvalue weighted by atomic mass is 16.6. The number of benzene rings is 1. The normalized spacial score (nSPS) is 25.5. The first-order valence-corrected chi connectivity index (χ1v) is 11.3. The van der Waals surface area contributed by atoms with Crippen LogP contribution in [-0.4, -0.2) is 44.4 Å². The molecule has 2 aliphatic rings. The highest BCUT2D eigenvalue weighted by molar-refractivity contribution is 5.89. The Morgan fingerprint density at radius 2 is 2.06 bits per heavy atom. The summed E-state index contributed by atoms with van der Waals surface area (Å²) < 4.78 is 13.6. The summed E-state index contributed by atoms with van der Waals surface area (Å²) in [7, 11) is 0. The number of aryl methyl sites for hydroxylation is 1. The van der Waals surface area contributed by atoms with Crippen LogP contribution in [-0.2, 0) is 11.3 Å². The zero-order valence-electron chi connectivity index (χ0n) is 18.9. The maximum absolute atomic E-state index is 12.8. The van der Waals surface area contributed by atoms with E-state index in [0.29, 0.717) is 24.8 Å². The number of carbonyl (C=O) groups excluding carboxylic acids is 1. The molecule has 1 aliphatic carbocycles. The van der Waals surface area contributed by atoms with Crippen molar-refractivity contribution in [3.8, 4) is 5.88 Å². The van der Waals surface area contributed by atoms with E-state index in [1.54, 1.807) is 17.3 Å². The standard InChI is InChI=1S/C24H29N5O3/c1-4-31-21-12-25-20(11-26-21)29-15-24(32-22(29)30)9-5-8-23(3,13-24)14-28-16-27-18-7-6-17(2)10-19(18)28/h6-7,10-12,16H,4-5,8-9,13-15H2,1-3H3/t23-,24?/m0/s1. The number of fused-ring (bicyclic) bond motifs is 1. The van der Waals surface area contributed by atoms with E-state index in [1.165, 1.54) is 5.56 Å². The van der Waals surface area contributed by atoms with E-state index >= 15 is 0 Å². The summed E-state index contributed by atoms with van der Waals surface area (Å²) >= 11 is 0. The molecule has 0 N–H and O–H groups in total. The smallest absolute Gasteiger partial charge is 0.416 e. The number of rotatable bonds is 5. The molecule has 32 heavy (non-hydrogen) atoms. The first-order valence-electron chi connectivity index (χ1n) is 11.3. The molecule has 168 valence electrons. The van der Waals surface area contributed by atoms with Crippen LogP contribution >= 0.6 is 0 Å². The Morgan fingerprint density at radius 3 is 2.84 bits per heavy atom. The molecule has 8 heteroatoms. The van der Waals surface area contributed by atoms with Crippen molar-refractivity contribution in [2.45, 2.75) is 58.6 Å². The van der Waals surface area contributed by atoms with Gasteiger partial charge in [0.1, 0.15) is 5.60 Å². The monoisotopic (exact) mass is 435 g/mol. The number of hydrogen-bond donors (Lipinski definition) is 0. The molecule has 1 saturated heterocycles. The van der Waals surface area contributed by atoms with E-state index in [-0.39, 0.29) is 11.5 Å². The van der Waals surface area contributed by atoms with Crippen molar-refractivity contribution in [2.24, 2.45) is 5.41 Å². The second-order valence-corrected chi connectivity index (χ2v) is 9.49. The van der Waals surface area contributed by atoms with Gasteiger partial charge in [-0.3, -0.25) is 4.90 Å².